The normalized spacial score (nSPS) is 17.6. The maximum Gasteiger partial charge on any atom is 0.311 e. The maximum atomic E-state index is 12.8. The van der Waals surface area contributed by atoms with Crippen LogP contribution in [0.3, 0.4) is 0 Å². The fourth-order valence-electron chi connectivity index (χ4n) is 3.13. The number of rotatable bonds is 7. The average Bonchev–Trinajstić information content (AvgIpc) is 3.15. The minimum atomic E-state index is -3.63. The van der Waals surface area contributed by atoms with E-state index in [4.69, 9.17) is 4.74 Å². The molecular formula is C19H23N3O5S2. The molecular weight excluding hydrogens is 414 g/mol. The summed E-state index contributed by atoms with van der Waals surface area (Å²) in [7, 11) is -3.63. The number of ether oxygens (including phenoxy) is 1. The third-order valence-electron chi connectivity index (χ3n) is 4.55. The van der Waals surface area contributed by atoms with Gasteiger partial charge in [0.2, 0.25) is 15.9 Å². The van der Waals surface area contributed by atoms with Crippen molar-refractivity contribution >= 4 is 38.4 Å². The van der Waals surface area contributed by atoms with Gasteiger partial charge in [-0.15, -0.1) is 11.3 Å². The molecule has 0 unspecified atom stereocenters. The number of thiazole rings is 1. The Labute approximate surface area is 173 Å². The molecule has 1 fully saturated rings. The number of carbonyl (C=O) groups is 2. The fraction of sp³-hybridized carbons (Fsp3) is 0.421. The number of esters is 1. The van der Waals surface area contributed by atoms with Crippen molar-refractivity contribution in [3.05, 3.63) is 41.4 Å². The van der Waals surface area contributed by atoms with Crippen molar-refractivity contribution in [1.82, 2.24) is 9.29 Å². The first-order valence-electron chi connectivity index (χ1n) is 9.36. The Kier molecular flexibility index (Phi) is 6.99. The standard InChI is InChI=1S/C19H23N3O5S2/c1-2-27-17(23)11-15-13-28-19(20-15)21-18(24)14-7-6-10-22(12-14)29(25,26)16-8-4-3-5-9-16/h3-5,8-9,13-14H,2,6-7,10-12H2,1H3,(H,20,21,24)/t14-/m0/s1. The lowest BCUT2D eigenvalue weighted by Gasteiger charge is -2.31. The molecule has 3 rings (SSSR count). The van der Waals surface area contributed by atoms with Crippen LogP contribution in [0, 0.1) is 5.92 Å². The molecule has 0 spiro atoms. The van der Waals surface area contributed by atoms with Gasteiger partial charge in [0.15, 0.2) is 5.13 Å². The summed E-state index contributed by atoms with van der Waals surface area (Å²) in [6.07, 6.45) is 1.26. The largest absolute Gasteiger partial charge is 0.466 e. The molecule has 1 amide bonds. The van der Waals surface area contributed by atoms with Crippen molar-refractivity contribution in [2.75, 3.05) is 25.0 Å². The average molecular weight is 438 g/mol. The lowest BCUT2D eigenvalue weighted by Crippen LogP contribution is -2.43. The van der Waals surface area contributed by atoms with Crippen LogP contribution in [0.15, 0.2) is 40.6 Å². The second kappa shape index (κ2) is 9.47. The molecule has 0 saturated carbocycles. The van der Waals surface area contributed by atoms with Crippen molar-refractivity contribution in [3.8, 4) is 0 Å². The molecule has 1 aliphatic rings. The monoisotopic (exact) mass is 437 g/mol. The van der Waals surface area contributed by atoms with E-state index >= 15 is 0 Å². The molecule has 0 radical (unpaired) electrons. The smallest absolute Gasteiger partial charge is 0.311 e. The molecule has 29 heavy (non-hydrogen) atoms. The number of benzene rings is 1. The summed E-state index contributed by atoms with van der Waals surface area (Å²) < 4.78 is 31.9. The van der Waals surface area contributed by atoms with E-state index in [9.17, 15) is 18.0 Å². The predicted octanol–water partition coefficient (Wildman–Crippen LogP) is 2.29. The van der Waals surface area contributed by atoms with E-state index in [1.54, 1.807) is 42.6 Å². The summed E-state index contributed by atoms with van der Waals surface area (Å²) in [5.74, 6) is -1.10. The molecule has 8 nitrogen and oxygen atoms in total. The van der Waals surface area contributed by atoms with Crippen LogP contribution in [0.1, 0.15) is 25.5 Å². The number of anilines is 1. The van der Waals surface area contributed by atoms with E-state index < -0.39 is 15.9 Å². The summed E-state index contributed by atoms with van der Waals surface area (Å²) in [6, 6.07) is 8.23. The Morgan fingerprint density at radius 2 is 2.07 bits per heavy atom. The molecule has 1 atom stereocenters. The zero-order valence-electron chi connectivity index (χ0n) is 16.0. The van der Waals surface area contributed by atoms with Crippen molar-refractivity contribution in [3.63, 3.8) is 0 Å². The number of amides is 1. The number of carbonyl (C=O) groups excluding carboxylic acids is 2. The molecule has 1 aromatic heterocycles. The van der Waals surface area contributed by atoms with Crippen molar-refractivity contribution in [2.24, 2.45) is 5.92 Å². The summed E-state index contributed by atoms with van der Waals surface area (Å²) in [5.41, 5.74) is 0.528. The Morgan fingerprint density at radius 3 is 2.79 bits per heavy atom. The second-order valence-corrected chi connectivity index (χ2v) is 9.43. The molecule has 10 heteroatoms. The molecule has 2 aromatic rings. The quantitative estimate of drug-likeness (QED) is 0.666. The van der Waals surface area contributed by atoms with E-state index in [0.29, 0.717) is 36.8 Å². The van der Waals surface area contributed by atoms with Crippen LogP contribution in [0.4, 0.5) is 5.13 Å². The predicted molar refractivity (Wildman–Crippen MR) is 109 cm³/mol. The van der Waals surface area contributed by atoms with E-state index in [0.717, 1.165) is 0 Å². The Balaban J connectivity index is 1.62. The van der Waals surface area contributed by atoms with E-state index in [-0.39, 0.29) is 29.7 Å². The van der Waals surface area contributed by atoms with Crippen LogP contribution in [-0.2, 0) is 30.8 Å². The first-order chi connectivity index (χ1) is 13.9. The zero-order chi connectivity index (χ0) is 20.9. The number of sulfonamides is 1. The topological polar surface area (TPSA) is 106 Å². The van der Waals surface area contributed by atoms with E-state index in [1.807, 2.05) is 0 Å². The van der Waals surface area contributed by atoms with E-state index in [2.05, 4.69) is 10.3 Å². The van der Waals surface area contributed by atoms with Gasteiger partial charge in [-0.25, -0.2) is 13.4 Å². The summed E-state index contributed by atoms with van der Waals surface area (Å²) in [4.78, 5) is 28.6. The highest BCUT2D eigenvalue weighted by Gasteiger charge is 2.33. The maximum absolute atomic E-state index is 12.8. The van der Waals surface area contributed by atoms with Gasteiger partial charge in [-0.3, -0.25) is 9.59 Å². The third kappa shape index (κ3) is 5.40. The molecule has 1 N–H and O–H groups in total. The summed E-state index contributed by atoms with van der Waals surface area (Å²) >= 11 is 1.22. The highest BCUT2D eigenvalue weighted by atomic mass is 32.2. The Morgan fingerprint density at radius 1 is 1.31 bits per heavy atom. The van der Waals surface area contributed by atoms with Crippen molar-refractivity contribution in [1.29, 1.82) is 0 Å². The van der Waals surface area contributed by atoms with Crippen molar-refractivity contribution in [2.45, 2.75) is 31.1 Å². The highest BCUT2D eigenvalue weighted by Crippen LogP contribution is 2.25. The van der Waals surface area contributed by atoms with Crippen LogP contribution in [0.2, 0.25) is 0 Å². The van der Waals surface area contributed by atoms with Gasteiger partial charge >= 0.3 is 5.97 Å². The first kappa shape index (κ1) is 21.4. The van der Waals surface area contributed by atoms with E-state index in [1.165, 1.54) is 15.6 Å². The molecule has 0 aliphatic carbocycles. The zero-order valence-corrected chi connectivity index (χ0v) is 17.7. The highest BCUT2D eigenvalue weighted by molar-refractivity contribution is 7.89. The SMILES string of the molecule is CCOC(=O)Cc1csc(NC(=O)[C@H]2CCCN(S(=O)(=O)c3ccccc3)C2)n1. The number of hydrogen-bond donors (Lipinski definition) is 1. The van der Waals surface area contributed by atoms with Crippen LogP contribution in [-0.4, -0.2) is 49.3 Å². The summed E-state index contributed by atoms with van der Waals surface area (Å²) in [5, 5.41) is 4.82. The van der Waals surface area contributed by atoms with Gasteiger partial charge in [-0.05, 0) is 31.9 Å². The van der Waals surface area contributed by atoms with Gasteiger partial charge in [0.25, 0.3) is 0 Å². The second-order valence-electron chi connectivity index (χ2n) is 6.63. The van der Waals surface area contributed by atoms with Gasteiger partial charge in [-0.2, -0.15) is 4.31 Å². The van der Waals surface area contributed by atoms with Gasteiger partial charge in [0.1, 0.15) is 0 Å². The van der Waals surface area contributed by atoms with Gasteiger partial charge in [-0.1, -0.05) is 18.2 Å². The molecule has 1 aromatic carbocycles. The molecule has 0 bridgehead atoms. The van der Waals surface area contributed by atoms with Crippen molar-refractivity contribution < 1.29 is 22.7 Å². The number of nitrogens with zero attached hydrogens (tertiary/aromatic N) is 2. The number of nitrogens with one attached hydrogen (secondary N) is 1. The van der Waals surface area contributed by atoms with Gasteiger partial charge in [0, 0.05) is 18.5 Å². The number of piperidine rings is 1. The minimum absolute atomic E-state index is 0.0483. The number of aromatic nitrogens is 1. The van der Waals surface area contributed by atoms with Crippen LogP contribution >= 0.6 is 11.3 Å². The molecule has 156 valence electrons. The van der Waals surface area contributed by atoms with Crippen LogP contribution in [0.5, 0.6) is 0 Å². The molecule has 2 heterocycles. The molecule has 1 saturated heterocycles. The Bertz CT molecular complexity index is 959. The fourth-order valence-corrected chi connectivity index (χ4v) is 5.39. The first-order valence-corrected chi connectivity index (χ1v) is 11.7. The lowest BCUT2D eigenvalue weighted by molar-refractivity contribution is -0.142. The minimum Gasteiger partial charge on any atom is -0.466 e. The van der Waals surface area contributed by atoms with Crippen LogP contribution in [0.25, 0.3) is 0 Å². The van der Waals surface area contributed by atoms with Crippen LogP contribution < -0.4 is 5.32 Å². The third-order valence-corrected chi connectivity index (χ3v) is 7.23. The van der Waals surface area contributed by atoms with Gasteiger partial charge < -0.3 is 10.1 Å². The number of hydrogen-bond acceptors (Lipinski definition) is 7. The molecule has 1 aliphatic heterocycles. The van der Waals surface area contributed by atoms with Gasteiger partial charge in [0.05, 0.1) is 29.5 Å². The lowest BCUT2D eigenvalue weighted by atomic mass is 9.99. The Hall–Kier alpha value is -2.30. The summed E-state index contributed by atoms with van der Waals surface area (Å²) in [6.45, 7) is 2.55.